The van der Waals surface area contributed by atoms with Gasteiger partial charge in [0.1, 0.15) is 5.75 Å². The van der Waals surface area contributed by atoms with E-state index >= 15 is 0 Å². The number of phenols is 1. The number of phenolic OH excluding ortho intramolecular Hbond substituents is 1. The van der Waals surface area contributed by atoms with Crippen LogP contribution >= 0.6 is 0 Å². The molecule has 1 fully saturated rings. The molecule has 1 amide bonds. The highest BCUT2D eigenvalue weighted by Crippen LogP contribution is 2.34. The van der Waals surface area contributed by atoms with Gasteiger partial charge in [0.25, 0.3) is 5.91 Å². The molecule has 0 spiro atoms. The molecular formula is C14H16F3NO2. The third-order valence-corrected chi connectivity index (χ3v) is 3.78. The second-order valence-corrected chi connectivity index (χ2v) is 5.06. The van der Waals surface area contributed by atoms with Crippen LogP contribution in [0, 0.1) is 12.8 Å². The summed E-state index contributed by atoms with van der Waals surface area (Å²) >= 11 is 0. The second-order valence-electron chi connectivity index (χ2n) is 5.06. The Morgan fingerprint density at radius 1 is 1.30 bits per heavy atom. The molecule has 0 bridgehead atoms. The average molecular weight is 287 g/mol. The Kier molecular flexibility index (Phi) is 3.92. The van der Waals surface area contributed by atoms with Gasteiger partial charge in [-0.15, -0.1) is 0 Å². The van der Waals surface area contributed by atoms with Gasteiger partial charge in [0, 0.05) is 24.2 Å². The molecule has 0 aromatic heterocycles. The molecule has 6 heteroatoms. The molecule has 1 heterocycles. The zero-order valence-electron chi connectivity index (χ0n) is 11.1. The highest BCUT2D eigenvalue weighted by molar-refractivity contribution is 5.96. The molecule has 0 aliphatic carbocycles. The normalized spacial score (nSPS) is 17.3. The second kappa shape index (κ2) is 5.34. The van der Waals surface area contributed by atoms with Crippen LogP contribution in [-0.4, -0.2) is 35.2 Å². The molecule has 1 N–H and O–H groups in total. The van der Waals surface area contributed by atoms with Crippen molar-refractivity contribution in [1.82, 2.24) is 4.90 Å². The lowest BCUT2D eigenvalue weighted by atomic mass is 9.95. The van der Waals surface area contributed by atoms with E-state index in [-0.39, 0.29) is 37.6 Å². The van der Waals surface area contributed by atoms with Crippen LogP contribution in [0.15, 0.2) is 18.2 Å². The van der Waals surface area contributed by atoms with Crippen molar-refractivity contribution in [1.29, 1.82) is 0 Å². The maximum absolute atomic E-state index is 12.6. The Labute approximate surface area is 115 Å². The number of benzene rings is 1. The van der Waals surface area contributed by atoms with Gasteiger partial charge in [0.2, 0.25) is 0 Å². The summed E-state index contributed by atoms with van der Waals surface area (Å²) in [7, 11) is 0. The first-order valence-electron chi connectivity index (χ1n) is 6.45. The number of hydrogen-bond donors (Lipinski definition) is 1. The minimum Gasteiger partial charge on any atom is -0.508 e. The van der Waals surface area contributed by atoms with Gasteiger partial charge in [0.15, 0.2) is 0 Å². The number of amides is 1. The fourth-order valence-electron chi connectivity index (χ4n) is 2.44. The fraction of sp³-hybridized carbons (Fsp3) is 0.500. The fourth-order valence-corrected chi connectivity index (χ4v) is 2.44. The smallest absolute Gasteiger partial charge is 0.391 e. The van der Waals surface area contributed by atoms with E-state index in [0.29, 0.717) is 11.1 Å². The molecule has 0 unspecified atom stereocenters. The predicted molar refractivity (Wildman–Crippen MR) is 67.5 cm³/mol. The number of rotatable bonds is 1. The number of likely N-dealkylation sites (tertiary alicyclic amines) is 1. The van der Waals surface area contributed by atoms with E-state index in [0.717, 1.165) is 0 Å². The monoisotopic (exact) mass is 287 g/mol. The predicted octanol–water partition coefficient (Wildman–Crippen LogP) is 3.12. The minimum absolute atomic E-state index is 0.0148. The van der Waals surface area contributed by atoms with Crippen molar-refractivity contribution in [2.24, 2.45) is 5.92 Å². The van der Waals surface area contributed by atoms with Gasteiger partial charge in [-0.3, -0.25) is 4.79 Å². The van der Waals surface area contributed by atoms with Gasteiger partial charge in [-0.1, -0.05) is 6.07 Å². The number of aromatic hydroxyl groups is 1. The quantitative estimate of drug-likeness (QED) is 0.862. The summed E-state index contributed by atoms with van der Waals surface area (Å²) in [6.45, 7) is 1.81. The number of halogens is 3. The lowest BCUT2D eigenvalue weighted by Gasteiger charge is -2.33. The lowest BCUT2D eigenvalue weighted by molar-refractivity contribution is -0.183. The molecule has 1 aliphatic heterocycles. The van der Waals surface area contributed by atoms with Gasteiger partial charge in [-0.05, 0) is 31.9 Å². The standard InChI is InChI=1S/C14H16F3NO2/c1-9-11(3-2-4-12(9)19)13(20)18-7-5-10(6-8-18)14(15,16)17/h2-4,10,19H,5-8H2,1H3. The molecule has 0 saturated carbocycles. The summed E-state index contributed by atoms with van der Waals surface area (Å²) in [5.41, 5.74) is 0.797. The Hall–Kier alpha value is -1.72. The van der Waals surface area contributed by atoms with Crippen LogP contribution in [0.25, 0.3) is 0 Å². The van der Waals surface area contributed by atoms with Crippen LogP contribution < -0.4 is 0 Å². The molecule has 2 rings (SSSR count). The molecular weight excluding hydrogens is 271 g/mol. The summed E-state index contributed by atoms with van der Waals surface area (Å²) < 4.78 is 37.7. The van der Waals surface area contributed by atoms with Crippen molar-refractivity contribution < 1.29 is 23.1 Å². The minimum atomic E-state index is -4.18. The first kappa shape index (κ1) is 14.7. The maximum atomic E-state index is 12.6. The molecule has 0 atom stereocenters. The van der Waals surface area contributed by atoms with Crippen molar-refractivity contribution in [2.75, 3.05) is 13.1 Å². The van der Waals surface area contributed by atoms with Crippen LogP contribution in [0.2, 0.25) is 0 Å². The summed E-state index contributed by atoms with van der Waals surface area (Å²) in [6.07, 6.45) is -4.31. The van der Waals surface area contributed by atoms with Crippen molar-refractivity contribution in [3.05, 3.63) is 29.3 Å². The Morgan fingerprint density at radius 3 is 2.45 bits per heavy atom. The third kappa shape index (κ3) is 2.89. The molecule has 3 nitrogen and oxygen atoms in total. The van der Waals surface area contributed by atoms with E-state index in [4.69, 9.17) is 0 Å². The van der Waals surface area contributed by atoms with E-state index in [1.807, 2.05) is 0 Å². The molecule has 0 radical (unpaired) electrons. The van der Waals surface area contributed by atoms with Gasteiger partial charge in [0.05, 0.1) is 5.92 Å². The lowest BCUT2D eigenvalue weighted by Crippen LogP contribution is -2.42. The van der Waals surface area contributed by atoms with Gasteiger partial charge in [-0.2, -0.15) is 13.2 Å². The van der Waals surface area contributed by atoms with E-state index in [1.165, 1.54) is 11.0 Å². The average Bonchev–Trinajstić information content (AvgIpc) is 2.40. The Balaban J connectivity index is 2.07. The highest BCUT2D eigenvalue weighted by atomic mass is 19.4. The van der Waals surface area contributed by atoms with Crippen LogP contribution in [0.5, 0.6) is 5.75 Å². The van der Waals surface area contributed by atoms with Crippen molar-refractivity contribution in [2.45, 2.75) is 25.9 Å². The largest absolute Gasteiger partial charge is 0.508 e. The van der Waals surface area contributed by atoms with Crippen molar-refractivity contribution in [3.63, 3.8) is 0 Å². The van der Waals surface area contributed by atoms with Gasteiger partial charge < -0.3 is 10.0 Å². The molecule has 1 saturated heterocycles. The molecule has 20 heavy (non-hydrogen) atoms. The maximum Gasteiger partial charge on any atom is 0.391 e. The molecule has 1 aromatic rings. The summed E-state index contributed by atoms with van der Waals surface area (Å²) in [4.78, 5) is 13.7. The zero-order valence-corrected chi connectivity index (χ0v) is 11.1. The van der Waals surface area contributed by atoms with Crippen molar-refractivity contribution >= 4 is 5.91 Å². The molecule has 110 valence electrons. The molecule has 1 aromatic carbocycles. The first-order chi connectivity index (χ1) is 9.30. The number of hydrogen-bond acceptors (Lipinski definition) is 2. The number of carbonyl (C=O) groups excluding carboxylic acids is 1. The van der Waals surface area contributed by atoms with E-state index in [9.17, 15) is 23.1 Å². The Bertz CT molecular complexity index is 506. The van der Waals surface area contributed by atoms with Crippen LogP contribution in [0.4, 0.5) is 13.2 Å². The van der Waals surface area contributed by atoms with Crippen molar-refractivity contribution in [3.8, 4) is 5.75 Å². The van der Waals surface area contributed by atoms with E-state index in [2.05, 4.69) is 0 Å². The summed E-state index contributed by atoms with van der Waals surface area (Å²) in [5, 5.41) is 9.58. The van der Waals surface area contributed by atoms with E-state index in [1.54, 1.807) is 19.1 Å². The highest BCUT2D eigenvalue weighted by Gasteiger charge is 2.41. The third-order valence-electron chi connectivity index (χ3n) is 3.78. The van der Waals surface area contributed by atoms with Gasteiger partial charge >= 0.3 is 6.18 Å². The van der Waals surface area contributed by atoms with Gasteiger partial charge in [-0.25, -0.2) is 0 Å². The number of piperidine rings is 1. The van der Waals surface area contributed by atoms with E-state index < -0.39 is 12.1 Å². The summed E-state index contributed by atoms with van der Waals surface area (Å²) in [6, 6.07) is 4.60. The SMILES string of the molecule is Cc1c(O)cccc1C(=O)N1CCC(C(F)(F)F)CC1. The summed E-state index contributed by atoms with van der Waals surface area (Å²) in [5.74, 6) is -1.63. The number of carbonyl (C=O) groups is 1. The van der Waals surface area contributed by atoms with Crippen LogP contribution in [0.3, 0.4) is 0 Å². The first-order valence-corrected chi connectivity index (χ1v) is 6.45. The van der Waals surface area contributed by atoms with Crippen LogP contribution in [-0.2, 0) is 0 Å². The zero-order chi connectivity index (χ0) is 14.9. The number of nitrogens with zero attached hydrogens (tertiary/aromatic N) is 1. The Morgan fingerprint density at radius 2 is 1.90 bits per heavy atom. The molecule has 1 aliphatic rings. The number of alkyl halides is 3. The topological polar surface area (TPSA) is 40.5 Å². The van der Waals surface area contributed by atoms with Crippen LogP contribution in [0.1, 0.15) is 28.8 Å².